The lowest BCUT2D eigenvalue weighted by atomic mass is 10.1. The van der Waals surface area contributed by atoms with Crippen LogP contribution in [0.2, 0.25) is 0 Å². The quantitative estimate of drug-likeness (QED) is 0.831. The predicted molar refractivity (Wildman–Crippen MR) is 73.3 cm³/mol. The van der Waals surface area contributed by atoms with Crippen molar-refractivity contribution >= 4 is 11.9 Å². The Morgan fingerprint density at radius 3 is 2.73 bits per heavy atom. The third-order valence-electron chi connectivity index (χ3n) is 3.67. The van der Waals surface area contributed by atoms with E-state index in [2.05, 4.69) is 0 Å². The predicted octanol–water partition coefficient (Wildman–Crippen LogP) is 1.63. The Hall–Kier alpha value is -2.02. The van der Waals surface area contributed by atoms with Crippen LogP contribution >= 0.6 is 0 Å². The van der Waals surface area contributed by atoms with Crippen molar-refractivity contribution in [1.82, 2.24) is 4.90 Å². The van der Waals surface area contributed by atoms with E-state index in [1.54, 1.807) is 0 Å². The summed E-state index contributed by atoms with van der Waals surface area (Å²) in [7, 11) is 1.46. The molecule has 0 saturated heterocycles. The van der Waals surface area contributed by atoms with Gasteiger partial charge < -0.3 is 14.7 Å². The van der Waals surface area contributed by atoms with E-state index in [-0.39, 0.29) is 25.0 Å². The molecule has 1 aliphatic carbocycles. The van der Waals surface area contributed by atoms with Gasteiger partial charge in [-0.15, -0.1) is 0 Å². The van der Waals surface area contributed by atoms with Gasteiger partial charge in [-0.2, -0.15) is 0 Å². The number of methoxy groups -OCH3 is 1. The molecule has 0 radical (unpaired) electrons. The molecule has 0 aromatic heterocycles. The highest BCUT2D eigenvalue weighted by Crippen LogP contribution is 2.49. The minimum absolute atomic E-state index is 0.163. The second-order valence-electron chi connectivity index (χ2n) is 5.26. The number of carboxylic acids is 1. The van der Waals surface area contributed by atoms with Gasteiger partial charge in [-0.1, -0.05) is 6.07 Å². The highest BCUT2D eigenvalue weighted by atomic mass is 19.1. The summed E-state index contributed by atoms with van der Waals surface area (Å²) in [5.74, 6) is -3.59. The normalized spacial score (nSPS) is 19.8. The number of ether oxygens (including phenoxy) is 1. The Bertz CT molecular complexity index is 579. The van der Waals surface area contributed by atoms with Crippen molar-refractivity contribution < 1.29 is 28.2 Å². The maximum atomic E-state index is 13.7. The zero-order valence-corrected chi connectivity index (χ0v) is 12.1. The van der Waals surface area contributed by atoms with Crippen molar-refractivity contribution in [2.24, 2.45) is 5.92 Å². The second kappa shape index (κ2) is 6.83. The smallest absolute Gasteiger partial charge is 0.323 e. The number of carboxylic acid groups (broad SMARTS) is 1. The molecule has 1 N–H and O–H groups in total. The van der Waals surface area contributed by atoms with Crippen LogP contribution in [-0.4, -0.2) is 48.7 Å². The molecule has 1 aliphatic rings. The second-order valence-corrected chi connectivity index (χ2v) is 5.26. The van der Waals surface area contributed by atoms with Gasteiger partial charge >= 0.3 is 5.97 Å². The fourth-order valence-corrected chi connectivity index (χ4v) is 2.48. The topological polar surface area (TPSA) is 66.8 Å². The Labute approximate surface area is 126 Å². The van der Waals surface area contributed by atoms with Crippen molar-refractivity contribution in [1.29, 1.82) is 0 Å². The molecule has 0 spiro atoms. The summed E-state index contributed by atoms with van der Waals surface area (Å²) < 4.78 is 31.5. The van der Waals surface area contributed by atoms with Crippen molar-refractivity contribution in [3.8, 4) is 0 Å². The average Bonchev–Trinajstić information content (AvgIpc) is 3.22. The number of nitrogens with zero attached hydrogens (tertiary/aromatic N) is 1. The van der Waals surface area contributed by atoms with Gasteiger partial charge in [0.2, 0.25) is 5.91 Å². The number of hydrogen-bond donors (Lipinski definition) is 1. The average molecular weight is 313 g/mol. The van der Waals surface area contributed by atoms with Crippen LogP contribution < -0.4 is 0 Å². The molecule has 120 valence electrons. The van der Waals surface area contributed by atoms with Gasteiger partial charge in [-0.05, 0) is 24.0 Å². The lowest BCUT2D eigenvalue weighted by Crippen LogP contribution is -2.39. The molecule has 1 aromatic rings. The highest BCUT2D eigenvalue weighted by molar-refractivity contribution is 5.86. The number of rotatable bonds is 7. The minimum Gasteiger partial charge on any atom is -0.480 e. The molecule has 0 bridgehead atoms. The van der Waals surface area contributed by atoms with Crippen LogP contribution in [0.1, 0.15) is 17.9 Å². The van der Waals surface area contributed by atoms with Gasteiger partial charge in [-0.25, -0.2) is 8.78 Å². The van der Waals surface area contributed by atoms with E-state index in [0.29, 0.717) is 12.0 Å². The fourth-order valence-electron chi connectivity index (χ4n) is 2.48. The zero-order chi connectivity index (χ0) is 16.3. The van der Waals surface area contributed by atoms with E-state index in [1.807, 2.05) is 0 Å². The summed E-state index contributed by atoms with van der Waals surface area (Å²) in [5, 5.41) is 8.86. The summed E-state index contributed by atoms with van der Waals surface area (Å²) >= 11 is 0. The number of hydrogen-bond acceptors (Lipinski definition) is 3. The maximum Gasteiger partial charge on any atom is 0.323 e. The van der Waals surface area contributed by atoms with Crippen LogP contribution in [-0.2, 0) is 14.3 Å². The zero-order valence-electron chi connectivity index (χ0n) is 12.1. The van der Waals surface area contributed by atoms with Crippen LogP contribution in [0.5, 0.6) is 0 Å². The van der Waals surface area contributed by atoms with Crippen molar-refractivity contribution in [3.63, 3.8) is 0 Å². The molecular weight excluding hydrogens is 296 g/mol. The van der Waals surface area contributed by atoms with E-state index in [0.717, 1.165) is 12.1 Å². The van der Waals surface area contributed by atoms with Crippen LogP contribution in [0.15, 0.2) is 18.2 Å². The van der Waals surface area contributed by atoms with E-state index < -0.39 is 30.1 Å². The SMILES string of the molecule is COCCN(CC(=O)O)C(=O)[C@H]1C[C@H]1c1ccc(F)cc1F. The monoisotopic (exact) mass is 313 g/mol. The molecule has 0 heterocycles. The summed E-state index contributed by atoms with van der Waals surface area (Å²) in [6, 6.07) is 3.27. The lowest BCUT2D eigenvalue weighted by molar-refractivity contribution is -0.145. The fraction of sp³-hybridized carbons (Fsp3) is 0.467. The molecule has 1 fully saturated rings. The Balaban J connectivity index is 2.05. The van der Waals surface area contributed by atoms with Gasteiger partial charge in [0.15, 0.2) is 0 Å². The van der Waals surface area contributed by atoms with Crippen LogP contribution in [0.3, 0.4) is 0 Å². The summed E-state index contributed by atoms with van der Waals surface area (Å²) in [6.07, 6.45) is 0.435. The Morgan fingerprint density at radius 1 is 1.41 bits per heavy atom. The number of carbonyl (C=O) groups is 2. The molecule has 1 aromatic carbocycles. The molecule has 0 unspecified atom stereocenters. The van der Waals surface area contributed by atoms with Gasteiger partial charge in [0.25, 0.3) is 0 Å². The van der Waals surface area contributed by atoms with E-state index in [1.165, 1.54) is 18.1 Å². The summed E-state index contributed by atoms with van der Waals surface area (Å²) in [5.41, 5.74) is 0.293. The number of halogens is 2. The first-order valence-electron chi connectivity index (χ1n) is 6.88. The molecule has 0 aliphatic heterocycles. The first-order chi connectivity index (χ1) is 10.4. The lowest BCUT2D eigenvalue weighted by Gasteiger charge is -2.20. The molecule has 5 nitrogen and oxygen atoms in total. The molecule has 1 amide bonds. The number of amides is 1. The third kappa shape index (κ3) is 3.79. The van der Waals surface area contributed by atoms with Gasteiger partial charge in [0, 0.05) is 25.6 Å². The van der Waals surface area contributed by atoms with Crippen molar-refractivity contribution in [3.05, 3.63) is 35.4 Å². The first-order valence-corrected chi connectivity index (χ1v) is 6.88. The van der Waals surface area contributed by atoms with Crippen LogP contribution in [0.4, 0.5) is 8.78 Å². The Kier molecular flexibility index (Phi) is 5.07. The van der Waals surface area contributed by atoms with Gasteiger partial charge in [0.1, 0.15) is 18.2 Å². The van der Waals surface area contributed by atoms with Crippen LogP contribution in [0.25, 0.3) is 0 Å². The maximum absolute atomic E-state index is 13.7. The molecular formula is C15H17F2NO4. The van der Waals surface area contributed by atoms with Gasteiger partial charge in [0.05, 0.1) is 6.61 Å². The van der Waals surface area contributed by atoms with Crippen molar-refractivity contribution in [2.45, 2.75) is 12.3 Å². The Morgan fingerprint density at radius 2 is 2.14 bits per heavy atom. The van der Waals surface area contributed by atoms with Crippen molar-refractivity contribution in [2.75, 3.05) is 26.8 Å². The van der Waals surface area contributed by atoms with E-state index in [9.17, 15) is 18.4 Å². The molecule has 22 heavy (non-hydrogen) atoms. The van der Waals surface area contributed by atoms with E-state index in [4.69, 9.17) is 9.84 Å². The van der Waals surface area contributed by atoms with Gasteiger partial charge in [-0.3, -0.25) is 9.59 Å². The number of aliphatic carboxylic acids is 1. The molecule has 2 rings (SSSR count). The largest absolute Gasteiger partial charge is 0.480 e. The summed E-state index contributed by atoms with van der Waals surface area (Å²) in [6.45, 7) is -0.0324. The number of benzene rings is 1. The minimum atomic E-state index is -1.12. The highest BCUT2D eigenvalue weighted by Gasteiger charge is 2.47. The first kappa shape index (κ1) is 16.4. The van der Waals surface area contributed by atoms with Crippen LogP contribution in [0, 0.1) is 17.6 Å². The number of carbonyl (C=O) groups excluding carboxylic acids is 1. The van der Waals surface area contributed by atoms with E-state index >= 15 is 0 Å². The third-order valence-corrected chi connectivity index (χ3v) is 3.67. The molecule has 7 heteroatoms. The molecule has 1 saturated carbocycles. The summed E-state index contributed by atoms with van der Waals surface area (Å²) in [4.78, 5) is 24.3. The molecule has 2 atom stereocenters. The standard InChI is InChI=1S/C15H17F2NO4/c1-22-5-4-18(8-14(19)20)15(21)12-7-11(12)10-3-2-9(16)6-13(10)17/h2-3,6,11-12H,4-5,7-8H2,1H3,(H,19,20)/t11-,12-/m0/s1.